The van der Waals surface area contributed by atoms with Gasteiger partial charge in [-0.2, -0.15) is 0 Å². The number of rotatable bonds is 26. The molecule has 0 aromatic carbocycles. The van der Waals surface area contributed by atoms with Crippen LogP contribution in [-0.4, -0.2) is 49.3 Å². The second-order valence-electron chi connectivity index (χ2n) is 9.28. The molecule has 0 heterocycles. The Labute approximate surface area is 218 Å². The monoisotopic (exact) mass is 537 g/mol. The lowest BCUT2D eigenvalue weighted by molar-refractivity contribution is -0.161. The number of ether oxygens (including phenoxy) is 2. The summed E-state index contributed by atoms with van der Waals surface area (Å²) in [5.41, 5.74) is 5.28. The minimum Gasteiger partial charge on any atom is -0.462 e. The maximum atomic E-state index is 12.3. The van der Waals surface area contributed by atoms with Crippen LogP contribution in [0.5, 0.6) is 0 Å². The zero-order chi connectivity index (χ0) is 26.9. The van der Waals surface area contributed by atoms with Crippen LogP contribution in [0.2, 0.25) is 0 Å². The molecule has 0 aliphatic heterocycles. The maximum Gasteiger partial charge on any atom is 0.472 e. The molecule has 3 N–H and O–H groups in total. The topological polar surface area (TPSA) is 134 Å². The fourth-order valence-corrected chi connectivity index (χ4v) is 4.40. The van der Waals surface area contributed by atoms with Crippen LogP contribution in [0.15, 0.2) is 0 Å². The highest BCUT2D eigenvalue weighted by Gasteiger charge is 2.25. The number of nitrogens with two attached hydrogens (primary N) is 1. The summed E-state index contributed by atoms with van der Waals surface area (Å²) in [5, 5.41) is 0. The van der Waals surface area contributed by atoms with Crippen molar-refractivity contribution < 1.29 is 37.6 Å². The van der Waals surface area contributed by atoms with Gasteiger partial charge in [-0.05, 0) is 12.8 Å². The van der Waals surface area contributed by atoms with Gasteiger partial charge in [-0.3, -0.25) is 18.6 Å². The van der Waals surface area contributed by atoms with Crippen LogP contribution in [0.25, 0.3) is 0 Å². The van der Waals surface area contributed by atoms with Crippen molar-refractivity contribution in [2.75, 3.05) is 26.4 Å². The van der Waals surface area contributed by atoms with Gasteiger partial charge in [0.25, 0.3) is 0 Å². The van der Waals surface area contributed by atoms with Crippen molar-refractivity contribution in [2.45, 2.75) is 129 Å². The molecule has 2 atom stereocenters. The van der Waals surface area contributed by atoms with E-state index in [-0.39, 0.29) is 32.6 Å². The van der Waals surface area contributed by atoms with E-state index in [0.717, 1.165) is 38.5 Å². The van der Waals surface area contributed by atoms with Crippen LogP contribution >= 0.6 is 7.82 Å². The number of carbonyl (C=O) groups excluding carboxylic acids is 2. The first kappa shape index (κ1) is 35.0. The third-order valence-corrected chi connectivity index (χ3v) is 6.73. The smallest absolute Gasteiger partial charge is 0.462 e. The van der Waals surface area contributed by atoms with Gasteiger partial charge in [0.05, 0.1) is 13.2 Å². The van der Waals surface area contributed by atoms with Gasteiger partial charge in [-0.25, -0.2) is 4.57 Å². The molecule has 1 unspecified atom stereocenters. The van der Waals surface area contributed by atoms with E-state index in [2.05, 4.69) is 13.8 Å². The zero-order valence-corrected chi connectivity index (χ0v) is 23.7. The minimum atomic E-state index is -4.34. The summed E-state index contributed by atoms with van der Waals surface area (Å²) in [5.74, 6) is -0.841. The van der Waals surface area contributed by atoms with Gasteiger partial charge in [-0.1, -0.05) is 97.3 Å². The van der Waals surface area contributed by atoms with Gasteiger partial charge < -0.3 is 20.1 Å². The molecule has 0 fully saturated rings. The highest BCUT2D eigenvalue weighted by atomic mass is 31.2. The van der Waals surface area contributed by atoms with E-state index < -0.39 is 32.5 Å². The summed E-state index contributed by atoms with van der Waals surface area (Å²) in [7, 11) is -4.34. The Bertz CT molecular complexity index is 590. The van der Waals surface area contributed by atoms with Crippen LogP contribution in [-0.2, 0) is 32.7 Å². The molecule has 0 bridgehead atoms. The second-order valence-corrected chi connectivity index (χ2v) is 10.7. The molecule has 9 nitrogen and oxygen atoms in total. The van der Waals surface area contributed by atoms with Gasteiger partial charge >= 0.3 is 19.8 Å². The molecule has 214 valence electrons. The molecule has 0 spiro atoms. The lowest BCUT2D eigenvalue weighted by atomic mass is 10.1. The number of carbonyl (C=O) groups is 2. The fraction of sp³-hybridized carbons (Fsp3) is 0.923. The molecule has 36 heavy (non-hydrogen) atoms. The maximum absolute atomic E-state index is 12.3. The highest BCUT2D eigenvalue weighted by Crippen LogP contribution is 2.43. The van der Waals surface area contributed by atoms with E-state index in [4.69, 9.17) is 24.3 Å². The molecule has 0 amide bonds. The van der Waals surface area contributed by atoms with Crippen molar-refractivity contribution in [1.82, 2.24) is 0 Å². The number of esters is 2. The molecule has 0 aromatic heterocycles. The molecule has 0 aliphatic carbocycles. The number of phosphoric ester groups is 1. The number of hydrogen-bond acceptors (Lipinski definition) is 8. The molecule has 0 saturated heterocycles. The number of unbranched alkanes of at least 4 members (excludes halogenated alkanes) is 13. The quantitative estimate of drug-likeness (QED) is 0.0750. The molecular weight excluding hydrogens is 485 g/mol. The lowest BCUT2D eigenvalue weighted by Gasteiger charge is -2.19. The summed E-state index contributed by atoms with van der Waals surface area (Å²) in [6.07, 6.45) is 16.0. The molecule has 0 radical (unpaired) electrons. The number of hydrogen-bond donors (Lipinski definition) is 2. The number of phosphoric acid groups is 1. The van der Waals surface area contributed by atoms with E-state index in [0.29, 0.717) is 6.42 Å². The van der Waals surface area contributed by atoms with E-state index in [1.807, 2.05) is 0 Å². The van der Waals surface area contributed by atoms with Crippen molar-refractivity contribution in [3.8, 4) is 0 Å². The third kappa shape index (κ3) is 23.4. The van der Waals surface area contributed by atoms with Crippen molar-refractivity contribution in [3.63, 3.8) is 0 Å². The van der Waals surface area contributed by atoms with Crippen molar-refractivity contribution in [2.24, 2.45) is 5.73 Å². The van der Waals surface area contributed by atoms with Crippen LogP contribution in [0.3, 0.4) is 0 Å². The third-order valence-electron chi connectivity index (χ3n) is 5.74. The van der Waals surface area contributed by atoms with Crippen molar-refractivity contribution in [1.29, 1.82) is 0 Å². The van der Waals surface area contributed by atoms with Gasteiger partial charge in [0, 0.05) is 19.4 Å². The van der Waals surface area contributed by atoms with E-state index in [1.165, 1.54) is 51.4 Å². The zero-order valence-electron chi connectivity index (χ0n) is 22.8. The normalized spacial score (nSPS) is 13.8. The Morgan fingerprint density at radius 1 is 0.722 bits per heavy atom. The summed E-state index contributed by atoms with van der Waals surface area (Å²) >= 11 is 0. The van der Waals surface area contributed by atoms with Crippen LogP contribution in [0.4, 0.5) is 0 Å². The average Bonchev–Trinajstić information content (AvgIpc) is 2.85. The molecule has 0 saturated carbocycles. The van der Waals surface area contributed by atoms with E-state index >= 15 is 0 Å². The van der Waals surface area contributed by atoms with Gasteiger partial charge in [-0.15, -0.1) is 0 Å². The SMILES string of the molecule is CCCCCCCCCCCC(=O)O[C@H](COC(=O)CCCCCCCC)COP(=O)(O)OCCN. The summed E-state index contributed by atoms with van der Waals surface area (Å²) in [4.78, 5) is 34.1. The molecule has 10 heteroatoms. The minimum absolute atomic E-state index is 0.0567. The summed E-state index contributed by atoms with van der Waals surface area (Å²) in [6, 6.07) is 0. The van der Waals surface area contributed by atoms with E-state index in [1.54, 1.807) is 0 Å². The Hall–Kier alpha value is -0.990. The Morgan fingerprint density at radius 2 is 1.19 bits per heavy atom. The predicted octanol–water partition coefficient (Wildman–Crippen LogP) is 6.21. The van der Waals surface area contributed by atoms with Crippen molar-refractivity contribution >= 4 is 19.8 Å². The standard InChI is InChI=1S/C26H52NO8P/c1-3-5-7-9-11-12-13-15-17-19-26(29)35-24(23-34-36(30,31)33-21-20-27)22-32-25(28)18-16-14-10-8-6-4-2/h24H,3-23,27H2,1-2H3,(H,30,31)/t24-/m1/s1. The first-order chi connectivity index (χ1) is 17.3. The molecule has 0 rings (SSSR count). The predicted molar refractivity (Wildman–Crippen MR) is 141 cm³/mol. The van der Waals surface area contributed by atoms with Crippen molar-refractivity contribution in [3.05, 3.63) is 0 Å². The first-order valence-electron chi connectivity index (χ1n) is 14.0. The molecule has 0 aliphatic rings. The Morgan fingerprint density at radius 3 is 1.69 bits per heavy atom. The van der Waals surface area contributed by atoms with E-state index in [9.17, 15) is 19.0 Å². The molecule has 0 aromatic rings. The van der Waals surface area contributed by atoms with Crippen LogP contribution in [0, 0.1) is 0 Å². The Kier molecular flexibility index (Phi) is 23.7. The van der Waals surface area contributed by atoms with Gasteiger partial charge in [0.1, 0.15) is 6.61 Å². The Balaban J connectivity index is 4.38. The highest BCUT2D eigenvalue weighted by molar-refractivity contribution is 7.47. The van der Waals surface area contributed by atoms with Gasteiger partial charge in [0.2, 0.25) is 0 Å². The second kappa shape index (κ2) is 24.4. The largest absolute Gasteiger partial charge is 0.472 e. The van der Waals surface area contributed by atoms with Crippen LogP contribution < -0.4 is 5.73 Å². The molecular formula is C26H52NO8P. The van der Waals surface area contributed by atoms with Gasteiger partial charge in [0.15, 0.2) is 6.10 Å². The fourth-order valence-electron chi connectivity index (χ4n) is 3.63. The van der Waals surface area contributed by atoms with Crippen LogP contribution in [0.1, 0.15) is 123 Å². The lowest BCUT2D eigenvalue weighted by Crippen LogP contribution is -2.29. The average molecular weight is 538 g/mol. The first-order valence-corrected chi connectivity index (χ1v) is 15.5. The summed E-state index contributed by atoms with van der Waals surface area (Å²) in [6.45, 7) is 3.60. The summed E-state index contributed by atoms with van der Waals surface area (Å²) < 4.78 is 32.2.